The number of rotatable bonds is 10. The van der Waals surface area contributed by atoms with Crippen molar-refractivity contribution >= 4 is 57.4 Å². The molecule has 0 unspecified atom stereocenters. The van der Waals surface area contributed by atoms with Gasteiger partial charge < -0.3 is 10.1 Å². The van der Waals surface area contributed by atoms with E-state index in [4.69, 9.17) is 4.74 Å². The minimum Gasteiger partial charge on any atom is -0.462 e. The Kier molecular flexibility index (Phi) is 12.2. The van der Waals surface area contributed by atoms with E-state index in [1.165, 1.54) is 17.8 Å². The third kappa shape index (κ3) is 8.14. The molecule has 170 valence electrons. The molecule has 9 heteroatoms. The number of ether oxygens (including phenoxy) is 1. The molecule has 1 aromatic rings. The number of carbonyl (C=O) groups excluding carboxylic acids is 3. The van der Waals surface area contributed by atoms with Crippen molar-refractivity contribution < 1.29 is 19.1 Å². The number of carbonyl (C=O) groups is 3. The zero-order valence-corrected chi connectivity index (χ0v) is 20.7. The van der Waals surface area contributed by atoms with Crippen LogP contribution in [0.4, 0.5) is 5.69 Å². The van der Waals surface area contributed by atoms with Crippen molar-refractivity contribution in [1.82, 2.24) is 4.90 Å². The molecule has 0 aromatic heterocycles. The number of anilines is 1. The van der Waals surface area contributed by atoms with Gasteiger partial charge in [0.25, 0.3) is 5.91 Å². The van der Waals surface area contributed by atoms with Crippen LogP contribution in [0.3, 0.4) is 0 Å². The van der Waals surface area contributed by atoms with E-state index in [9.17, 15) is 14.4 Å². The average molecular weight is 512 g/mol. The van der Waals surface area contributed by atoms with Gasteiger partial charge in [0.1, 0.15) is 0 Å². The van der Waals surface area contributed by atoms with E-state index in [0.29, 0.717) is 41.0 Å². The molecule has 1 fully saturated rings. The van der Waals surface area contributed by atoms with Crippen molar-refractivity contribution in [3.63, 3.8) is 0 Å². The van der Waals surface area contributed by atoms with Crippen molar-refractivity contribution in [3.8, 4) is 0 Å². The quantitative estimate of drug-likeness (QED) is 0.277. The predicted molar refractivity (Wildman–Crippen MR) is 131 cm³/mol. The molecule has 0 spiro atoms. The number of thioether (sulfide) groups is 1. The Morgan fingerprint density at radius 3 is 2.42 bits per heavy atom. The summed E-state index contributed by atoms with van der Waals surface area (Å²) in [6.45, 7) is 7.47. The van der Waals surface area contributed by atoms with Gasteiger partial charge in [-0.15, -0.1) is 17.0 Å². The molecule has 1 aromatic carbocycles. The normalized spacial score (nSPS) is 15.8. The molecule has 0 radical (unpaired) electrons. The Labute approximate surface area is 198 Å². The van der Waals surface area contributed by atoms with Crippen molar-refractivity contribution in [3.05, 3.63) is 40.8 Å². The molecule has 7 nitrogen and oxygen atoms in total. The zero-order chi connectivity index (χ0) is 21.9. The van der Waals surface area contributed by atoms with Gasteiger partial charge in [-0.3, -0.25) is 19.5 Å². The molecule has 1 heterocycles. The lowest BCUT2D eigenvalue weighted by atomic mass is 10.2. The topological polar surface area (TPSA) is 88.1 Å². The summed E-state index contributed by atoms with van der Waals surface area (Å²) in [7, 11) is 0. The van der Waals surface area contributed by atoms with Crippen LogP contribution >= 0.6 is 28.7 Å². The van der Waals surface area contributed by atoms with E-state index < -0.39 is 11.9 Å². The highest BCUT2D eigenvalue weighted by Gasteiger charge is 2.33. The van der Waals surface area contributed by atoms with Gasteiger partial charge in [0.2, 0.25) is 5.91 Å². The maximum absolute atomic E-state index is 12.7. The van der Waals surface area contributed by atoms with Crippen LogP contribution in [0.25, 0.3) is 0 Å². The summed E-state index contributed by atoms with van der Waals surface area (Å²) in [6, 6.07) is 6.41. The third-order valence-electron chi connectivity index (χ3n) is 4.31. The predicted octanol–water partition coefficient (Wildman–Crippen LogP) is 4.80. The Hall–Kier alpha value is -2.13. The number of unbranched alkanes of at least 4 members (excludes halogenated alkanes) is 2. The van der Waals surface area contributed by atoms with Crippen molar-refractivity contribution in [2.75, 3.05) is 25.0 Å². The standard InChI is InChI=1S/C22H29N3O4S.BrH/c1-4-7-13-23-22-25(14-8-5-2)20(27)18(30-22)15-19(26)24-17-11-9-16(10-12-17)21(28)29-6-3;/h9-12,15H,4-8,13-14H2,1-3H3,(H,24,26);1H/b18-15+,23-22?;. The molecule has 0 atom stereocenters. The van der Waals surface area contributed by atoms with E-state index in [0.717, 1.165) is 25.7 Å². The molecule has 0 aliphatic carbocycles. The van der Waals surface area contributed by atoms with Crippen LogP contribution in [0.15, 0.2) is 40.2 Å². The number of nitrogens with zero attached hydrogens (tertiary/aromatic N) is 2. The second-order valence-electron chi connectivity index (χ2n) is 6.73. The summed E-state index contributed by atoms with van der Waals surface area (Å²) in [4.78, 5) is 43.4. The fraction of sp³-hybridized carbons (Fsp3) is 0.455. The van der Waals surface area contributed by atoms with Crippen LogP contribution in [-0.2, 0) is 14.3 Å². The Morgan fingerprint density at radius 1 is 1.13 bits per heavy atom. The first-order chi connectivity index (χ1) is 14.5. The molecule has 1 aliphatic heterocycles. The molecule has 2 amide bonds. The van der Waals surface area contributed by atoms with Crippen LogP contribution in [-0.4, -0.2) is 47.5 Å². The maximum atomic E-state index is 12.7. The lowest BCUT2D eigenvalue weighted by Gasteiger charge is -2.14. The summed E-state index contributed by atoms with van der Waals surface area (Å²) in [6.07, 6.45) is 5.16. The number of aliphatic imine (C=N–C) groups is 1. The molecule has 2 rings (SSSR count). The molecule has 0 saturated carbocycles. The van der Waals surface area contributed by atoms with E-state index >= 15 is 0 Å². The zero-order valence-electron chi connectivity index (χ0n) is 18.2. The largest absolute Gasteiger partial charge is 0.462 e. The molecular formula is C22H30BrN3O4S. The molecule has 1 N–H and O–H groups in total. The highest BCUT2D eigenvalue weighted by molar-refractivity contribution is 8.93. The van der Waals surface area contributed by atoms with Gasteiger partial charge >= 0.3 is 5.97 Å². The minimum absolute atomic E-state index is 0. The summed E-state index contributed by atoms with van der Waals surface area (Å²) in [5, 5.41) is 3.39. The third-order valence-corrected chi connectivity index (χ3v) is 5.35. The highest BCUT2D eigenvalue weighted by atomic mass is 79.9. The number of halogens is 1. The number of hydrogen-bond acceptors (Lipinski definition) is 6. The second-order valence-corrected chi connectivity index (χ2v) is 7.74. The van der Waals surface area contributed by atoms with Gasteiger partial charge in [-0.25, -0.2) is 4.79 Å². The van der Waals surface area contributed by atoms with Gasteiger partial charge in [-0.1, -0.05) is 26.7 Å². The van der Waals surface area contributed by atoms with Gasteiger partial charge in [-0.05, 0) is 55.8 Å². The number of benzene rings is 1. The Bertz CT molecular complexity index is 825. The number of amidine groups is 1. The maximum Gasteiger partial charge on any atom is 0.338 e. The van der Waals surface area contributed by atoms with E-state index in [2.05, 4.69) is 24.2 Å². The highest BCUT2D eigenvalue weighted by Crippen LogP contribution is 2.31. The first kappa shape index (κ1) is 26.9. The van der Waals surface area contributed by atoms with Gasteiger partial charge in [0.05, 0.1) is 17.1 Å². The Morgan fingerprint density at radius 2 is 1.81 bits per heavy atom. The van der Waals surface area contributed by atoms with Crippen molar-refractivity contribution in [1.29, 1.82) is 0 Å². The summed E-state index contributed by atoms with van der Waals surface area (Å²) in [5.41, 5.74) is 0.939. The Balaban J connectivity index is 0.00000480. The lowest BCUT2D eigenvalue weighted by Crippen LogP contribution is -2.30. The number of amides is 2. The van der Waals surface area contributed by atoms with E-state index in [1.807, 2.05) is 0 Å². The summed E-state index contributed by atoms with van der Waals surface area (Å²) < 4.78 is 4.94. The number of esters is 1. The first-order valence-electron chi connectivity index (χ1n) is 10.3. The molecule has 0 bridgehead atoms. The van der Waals surface area contributed by atoms with Gasteiger partial charge in [0, 0.05) is 24.9 Å². The van der Waals surface area contributed by atoms with Gasteiger partial charge in [-0.2, -0.15) is 0 Å². The van der Waals surface area contributed by atoms with Crippen LogP contribution in [0.1, 0.15) is 56.8 Å². The van der Waals surface area contributed by atoms with Crippen LogP contribution in [0, 0.1) is 0 Å². The minimum atomic E-state index is -0.410. The number of hydrogen-bond donors (Lipinski definition) is 1. The SMILES string of the molecule is Br.CCCCN=C1S/C(=C/C(=O)Nc2ccc(C(=O)OCC)cc2)C(=O)N1CCCC. The summed E-state index contributed by atoms with van der Waals surface area (Å²) in [5.74, 6) is -0.996. The van der Waals surface area contributed by atoms with Crippen LogP contribution in [0.2, 0.25) is 0 Å². The smallest absolute Gasteiger partial charge is 0.338 e. The van der Waals surface area contributed by atoms with Crippen LogP contribution in [0.5, 0.6) is 0 Å². The van der Waals surface area contributed by atoms with Crippen molar-refractivity contribution in [2.45, 2.75) is 46.5 Å². The first-order valence-corrected chi connectivity index (χ1v) is 11.2. The molecule has 1 aliphatic rings. The van der Waals surface area contributed by atoms with E-state index in [-0.39, 0.29) is 22.9 Å². The molecule has 1 saturated heterocycles. The van der Waals surface area contributed by atoms with Crippen LogP contribution < -0.4 is 5.32 Å². The number of nitrogens with one attached hydrogen (secondary N) is 1. The molecule has 31 heavy (non-hydrogen) atoms. The van der Waals surface area contributed by atoms with Crippen molar-refractivity contribution in [2.24, 2.45) is 4.99 Å². The average Bonchev–Trinajstić information content (AvgIpc) is 3.01. The second kappa shape index (κ2) is 14.0. The van der Waals surface area contributed by atoms with E-state index in [1.54, 1.807) is 36.1 Å². The van der Waals surface area contributed by atoms with Gasteiger partial charge in [0.15, 0.2) is 5.17 Å². The lowest BCUT2D eigenvalue weighted by molar-refractivity contribution is -0.122. The summed E-state index contributed by atoms with van der Waals surface area (Å²) >= 11 is 1.24. The monoisotopic (exact) mass is 511 g/mol. The fourth-order valence-electron chi connectivity index (χ4n) is 2.67. The fourth-order valence-corrected chi connectivity index (χ4v) is 3.67. The molecular weight excluding hydrogens is 482 g/mol.